The number of hydrogen-bond donors (Lipinski definition) is 2. The summed E-state index contributed by atoms with van der Waals surface area (Å²) in [6.45, 7) is 1.90. The maximum absolute atomic E-state index is 11.9. The second-order valence-electron chi connectivity index (χ2n) is 4.82. The van der Waals surface area contributed by atoms with E-state index < -0.39 is 6.04 Å². The van der Waals surface area contributed by atoms with Crippen molar-refractivity contribution in [1.82, 2.24) is 0 Å². The molecule has 0 aliphatic rings. The summed E-state index contributed by atoms with van der Waals surface area (Å²) in [6.07, 6.45) is 1.42. The van der Waals surface area contributed by atoms with Crippen molar-refractivity contribution in [2.45, 2.75) is 25.8 Å². The van der Waals surface area contributed by atoms with E-state index in [0.717, 1.165) is 17.7 Å². The van der Waals surface area contributed by atoms with Crippen molar-refractivity contribution in [1.29, 1.82) is 0 Å². The molecule has 1 amide bonds. The molecule has 0 saturated heterocycles. The van der Waals surface area contributed by atoms with Crippen LogP contribution in [0.15, 0.2) is 54.6 Å². The number of para-hydroxylation sites is 1. The number of benzene rings is 2. The highest BCUT2D eigenvalue weighted by atomic mass is 16.2. The number of hydrogen-bond acceptors (Lipinski definition) is 2. The minimum absolute atomic E-state index is 0.131. The molecular weight excluding hydrogens is 248 g/mol. The van der Waals surface area contributed by atoms with Crippen LogP contribution < -0.4 is 11.1 Å². The topological polar surface area (TPSA) is 55.1 Å². The van der Waals surface area contributed by atoms with Crippen LogP contribution in [0.5, 0.6) is 0 Å². The normalized spacial score (nSPS) is 11.9. The number of amides is 1. The summed E-state index contributed by atoms with van der Waals surface area (Å²) < 4.78 is 0. The SMILES string of the molecule is CC[C@H](N)C(=O)Nc1ccccc1Cc1ccccc1. The minimum atomic E-state index is -0.459. The molecule has 0 fully saturated rings. The summed E-state index contributed by atoms with van der Waals surface area (Å²) >= 11 is 0. The average molecular weight is 268 g/mol. The van der Waals surface area contributed by atoms with E-state index >= 15 is 0 Å². The molecule has 1 atom stereocenters. The van der Waals surface area contributed by atoms with E-state index in [9.17, 15) is 4.79 Å². The van der Waals surface area contributed by atoms with Gasteiger partial charge in [0, 0.05) is 5.69 Å². The Labute approximate surface area is 119 Å². The number of nitrogens with two attached hydrogens (primary N) is 1. The van der Waals surface area contributed by atoms with Gasteiger partial charge in [0.2, 0.25) is 5.91 Å². The van der Waals surface area contributed by atoms with Crippen molar-refractivity contribution in [3.05, 3.63) is 65.7 Å². The molecule has 0 radical (unpaired) electrons. The summed E-state index contributed by atoms with van der Waals surface area (Å²) in [5.41, 5.74) is 8.90. The summed E-state index contributed by atoms with van der Waals surface area (Å²) in [5, 5.41) is 2.92. The van der Waals surface area contributed by atoms with Crippen molar-refractivity contribution in [2.24, 2.45) is 5.73 Å². The lowest BCUT2D eigenvalue weighted by atomic mass is 10.0. The lowest BCUT2D eigenvalue weighted by Crippen LogP contribution is -2.35. The first kappa shape index (κ1) is 14.3. The Kier molecular flexibility index (Phi) is 4.91. The van der Waals surface area contributed by atoms with Crippen LogP contribution in [0.4, 0.5) is 5.69 Å². The Morgan fingerprint density at radius 2 is 1.75 bits per heavy atom. The van der Waals surface area contributed by atoms with E-state index in [-0.39, 0.29) is 5.91 Å². The highest BCUT2D eigenvalue weighted by molar-refractivity contribution is 5.95. The zero-order valence-electron chi connectivity index (χ0n) is 11.7. The summed E-state index contributed by atoms with van der Waals surface area (Å²) in [5.74, 6) is -0.131. The third-order valence-corrected chi connectivity index (χ3v) is 3.29. The zero-order chi connectivity index (χ0) is 14.4. The molecule has 0 aromatic heterocycles. The molecule has 104 valence electrons. The van der Waals surface area contributed by atoms with Crippen LogP contribution in [0.25, 0.3) is 0 Å². The number of rotatable bonds is 5. The molecule has 2 aromatic rings. The van der Waals surface area contributed by atoms with Crippen molar-refractivity contribution in [2.75, 3.05) is 5.32 Å². The minimum Gasteiger partial charge on any atom is -0.324 e. The number of carbonyl (C=O) groups is 1. The fourth-order valence-corrected chi connectivity index (χ4v) is 2.02. The van der Waals surface area contributed by atoms with Gasteiger partial charge in [-0.2, -0.15) is 0 Å². The molecule has 0 saturated carbocycles. The third kappa shape index (κ3) is 3.68. The van der Waals surface area contributed by atoms with Crippen LogP contribution in [0.1, 0.15) is 24.5 Å². The molecule has 0 unspecified atom stereocenters. The van der Waals surface area contributed by atoms with E-state index in [1.54, 1.807) is 0 Å². The number of carbonyl (C=O) groups excluding carboxylic acids is 1. The number of nitrogens with one attached hydrogen (secondary N) is 1. The Balaban J connectivity index is 2.16. The van der Waals surface area contributed by atoms with Gasteiger partial charge in [0.05, 0.1) is 6.04 Å². The van der Waals surface area contributed by atoms with Gasteiger partial charge >= 0.3 is 0 Å². The quantitative estimate of drug-likeness (QED) is 0.876. The monoisotopic (exact) mass is 268 g/mol. The second-order valence-corrected chi connectivity index (χ2v) is 4.82. The molecule has 0 aliphatic heterocycles. The second kappa shape index (κ2) is 6.87. The first-order valence-electron chi connectivity index (χ1n) is 6.89. The van der Waals surface area contributed by atoms with E-state index in [1.807, 2.05) is 49.4 Å². The van der Waals surface area contributed by atoms with Gasteiger partial charge in [0.15, 0.2) is 0 Å². The van der Waals surface area contributed by atoms with Crippen LogP contribution in [0.2, 0.25) is 0 Å². The largest absolute Gasteiger partial charge is 0.324 e. The van der Waals surface area contributed by atoms with Crippen molar-refractivity contribution in [3.8, 4) is 0 Å². The van der Waals surface area contributed by atoms with Gasteiger partial charge in [-0.1, -0.05) is 55.5 Å². The highest BCUT2D eigenvalue weighted by Gasteiger charge is 2.12. The first-order valence-corrected chi connectivity index (χ1v) is 6.89. The molecule has 3 heteroatoms. The molecule has 0 heterocycles. The third-order valence-electron chi connectivity index (χ3n) is 3.29. The highest BCUT2D eigenvalue weighted by Crippen LogP contribution is 2.19. The van der Waals surface area contributed by atoms with Crippen LogP contribution in [-0.2, 0) is 11.2 Å². The molecular formula is C17H20N2O. The fraction of sp³-hybridized carbons (Fsp3) is 0.235. The molecule has 3 N–H and O–H groups in total. The fourth-order valence-electron chi connectivity index (χ4n) is 2.02. The lowest BCUT2D eigenvalue weighted by molar-refractivity contribution is -0.117. The van der Waals surface area contributed by atoms with Gasteiger partial charge in [-0.05, 0) is 30.0 Å². The summed E-state index contributed by atoms with van der Waals surface area (Å²) in [6, 6.07) is 17.6. The van der Waals surface area contributed by atoms with Crippen LogP contribution >= 0.6 is 0 Å². The van der Waals surface area contributed by atoms with Gasteiger partial charge in [-0.15, -0.1) is 0 Å². The molecule has 2 rings (SSSR count). The molecule has 0 aliphatic carbocycles. The Morgan fingerprint density at radius 3 is 2.45 bits per heavy atom. The van der Waals surface area contributed by atoms with Gasteiger partial charge in [0.1, 0.15) is 0 Å². The van der Waals surface area contributed by atoms with Gasteiger partial charge in [-0.3, -0.25) is 4.79 Å². The van der Waals surface area contributed by atoms with Crippen molar-refractivity contribution in [3.63, 3.8) is 0 Å². The zero-order valence-corrected chi connectivity index (χ0v) is 11.7. The Morgan fingerprint density at radius 1 is 1.10 bits per heavy atom. The number of anilines is 1. The maximum atomic E-state index is 11.9. The summed E-state index contributed by atoms with van der Waals surface area (Å²) in [4.78, 5) is 11.9. The van der Waals surface area contributed by atoms with E-state index in [4.69, 9.17) is 5.73 Å². The average Bonchev–Trinajstić information content (AvgIpc) is 2.49. The van der Waals surface area contributed by atoms with Crippen LogP contribution in [0.3, 0.4) is 0 Å². The standard InChI is InChI=1S/C17H20N2O/c1-2-15(18)17(20)19-16-11-7-6-10-14(16)12-13-8-4-3-5-9-13/h3-11,15H,2,12,18H2,1H3,(H,19,20)/t15-/m0/s1. The lowest BCUT2D eigenvalue weighted by Gasteiger charge is -2.14. The van der Waals surface area contributed by atoms with Crippen LogP contribution in [0, 0.1) is 0 Å². The van der Waals surface area contributed by atoms with Gasteiger partial charge < -0.3 is 11.1 Å². The molecule has 3 nitrogen and oxygen atoms in total. The molecule has 0 bridgehead atoms. The smallest absolute Gasteiger partial charge is 0.241 e. The van der Waals surface area contributed by atoms with E-state index in [0.29, 0.717) is 6.42 Å². The summed E-state index contributed by atoms with van der Waals surface area (Å²) in [7, 11) is 0. The molecule has 2 aromatic carbocycles. The van der Waals surface area contributed by atoms with Crippen LogP contribution in [-0.4, -0.2) is 11.9 Å². The predicted octanol–water partition coefficient (Wildman–Crippen LogP) is 2.95. The van der Waals surface area contributed by atoms with Gasteiger partial charge in [0.25, 0.3) is 0 Å². The Bertz CT molecular complexity index is 566. The first-order chi connectivity index (χ1) is 9.70. The van der Waals surface area contributed by atoms with Gasteiger partial charge in [-0.25, -0.2) is 0 Å². The van der Waals surface area contributed by atoms with E-state index in [2.05, 4.69) is 17.4 Å². The molecule has 0 spiro atoms. The van der Waals surface area contributed by atoms with Crippen molar-refractivity contribution < 1.29 is 4.79 Å². The predicted molar refractivity (Wildman–Crippen MR) is 82.6 cm³/mol. The molecule has 20 heavy (non-hydrogen) atoms. The Hall–Kier alpha value is -2.13. The maximum Gasteiger partial charge on any atom is 0.241 e. The van der Waals surface area contributed by atoms with Crippen molar-refractivity contribution >= 4 is 11.6 Å². The van der Waals surface area contributed by atoms with E-state index in [1.165, 1.54) is 5.56 Å².